The van der Waals surface area contributed by atoms with E-state index in [2.05, 4.69) is 87.4 Å². The zero-order chi connectivity index (χ0) is 84.0. The van der Waals surface area contributed by atoms with Crippen molar-refractivity contribution in [3.05, 3.63) is 56.8 Å². The van der Waals surface area contributed by atoms with Crippen molar-refractivity contribution in [2.75, 3.05) is 71.3 Å². The van der Waals surface area contributed by atoms with Crippen molar-refractivity contribution < 1.29 is 103 Å². The summed E-state index contributed by atoms with van der Waals surface area (Å²) in [5, 5.41) is 115. The second kappa shape index (κ2) is 45.9. The van der Waals surface area contributed by atoms with Crippen LogP contribution >= 0.6 is 22.7 Å². The Hall–Kier alpha value is -9.84. The molecule has 0 radical (unpaired) electrons. The molecule has 6 heterocycles. The van der Waals surface area contributed by atoms with Gasteiger partial charge < -0.3 is 164 Å². The first-order valence-electron chi connectivity index (χ1n) is 36.2. The second-order valence-corrected chi connectivity index (χ2v) is 28.4. The number of aromatic nitrogens is 6. The van der Waals surface area contributed by atoms with Crippen LogP contribution in [0.3, 0.4) is 0 Å². The summed E-state index contributed by atoms with van der Waals surface area (Å²) in [5.74, 6) is -8.13. The molecule has 634 valence electrons. The highest BCUT2D eigenvalue weighted by atomic mass is 32.1. The molecule has 0 spiro atoms. The van der Waals surface area contributed by atoms with Crippen molar-refractivity contribution in [1.82, 2.24) is 72.4 Å². The summed E-state index contributed by atoms with van der Waals surface area (Å²) in [6.45, 7) is 5.74. The highest BCUT2D eigenvalue weighted by Crippen LogP contribution is 2.35. The summed E-state index contributed by atoms with van der Waals surface area (Å²) in [5.41, 5.74) is 50.6. The van der Waals surface area contributed by atoms with E-state index in [1.54, 1.807) is 10.8 Å². The van der Waals surface area contributed by atoms with Crippen molar-refractivity contribution in [2.24, 2.45) is 66.8 Å². The van der Waals surface area contributed by atoms with E-state index in [9.17, 15) is 74.4 Å². The Morgan fingerprint density at radius 3 is 1.89 bits per heavy atom. The SMILES string of the molecule is Cc1c(N)nc([C@H](CC(N)=O)NC[C@H](N)C(N)=O)nc1C(=O)N[C@H](C(=O)N[C@H](C)[C@@H](O)[C@H](C)C(=O)N[C@H](C(=O)NCCc1nc(-c2nc(C(=O)NCCCCNC(N)=NCCCCNC(N)=NCCCCN=C(N)N)cs2)cs1)[C@@H](C)O)[C@@H](OC1OC(CO)C(O)C(O)C1OC1OC(CO)C(O)C(OC(N)=O)C1O)c1cnc[nH]1. The van der Waals surface area contributed by atoms with Crippen LogP contribution in [0, 0.1) is 12.8 Å². The number of nitrogens with two attached hydrogens (primary N) is 9. The van der Waals surface area contributed by atoms with E-state index in [0.29, 0.717) is 79.7 Å². The average Bonchev–Trinajstić information content (AvgIpc) is 0.856. The Labute approximate surface area is 661 Å². The Balaban J connectivity index is 1.10. The fraction of sp³-hybridized carbons (Fsp3) is 0.631. The first-order valence-corrected chi connectivity index (χ1v) is 38.0. The lowest BCUT2D eigenvalue weighted by molar-refractivity contribution is -0.372. The second-order valence-electron chi connectivity index (χ2n) is 26.6. The van der Waals surface area contributed by atoms with Gasteiger partial charge in [0.1, 0.15) is 94.6 Å². The third kappa shape index (κ3) is 28.0. The number of H-pyrrole nitrogens is 1. The first kappa shape index (κ1) is 93.0. The van der Waals surface area contributed by atoms with E-state index < -0.39 is 183 Å². The van der Waals surface area contributed by atoms with Gasteiger partial charge in [-0.05, 0) is 59.3 Å². The number of carbonyl (C=O) groups is 8. The normalized spacial score (nSPS) is 22.2. The summed E-state index contributed by atoms with van der Waals surface area (Å²) in [6.07, 6.45) is -20.8. The molecule has 2 fully saturated rings. The molecule has 47 nitrogen and oxygen atoms in total. The van der Waals surface area contributed by atoms with Gasteiger partial charge in [-0.25, -0.2) is 29.7 Å². The van der Waals surface area contributed by atoms with Crippen molar-refractivity contribution in [3.8, 4) is 10.7 Å². The monoisotopic (exact) mass is 1650 g/mol. The molecule has 2 aliphatic rings. The van der Waals surface area contributed by atoms with Crippen LogP contribution in [0.25, 0.3) is 10.7 Å². The number of nitrogens with one attached hydrogen (secondary N) is 9. The summed E-state index contributed by atoms with van der Waals surface area (Å²) >= 11 is 2.46. The van der Waals surface area contributed by atoms with Gasteiger partial charge in [-0.15, -0.1) is 22.7 Å². The quantitative estimate of drug-likeness (QED) is 0.0111. The number of aromatic amines is 1. The van der Waals surface area contributed by atoms with Crippen LogP contribution in [0.2, 0.25) is 0 Å². The maximum absolute atomic E-state index is 15.3. The number of amides is 8. The maximum atomic E-state index is 15.3. The fourth-order valence-electron chi connectivity index (χ4n) is 11.3. The molecule has 8 amide bonds. The Morgan fingerprint density at radius 2 is 1.29 bits per heavy atom. The lowest BCUT2D eigenvalue weighted by Gasteiger charge is -2.47. The number of hydrogen-bond donors (Lipinski definition) is 26. The average molecular weight is 1650 g/mol. The molecule has 10 unspecified atom stereocenters. The molecule has 0 bridgehead atoms. The van der Waals surface area contributed by atoms with Crippen LogP contribution in [-0.4, -0.2) is 299 Å². The van der Waals surface area contributed by atoms with Gasteiger partial charge >= 0.3 is 6.09 Å². The number of carbonyl (C=O) groups excluding carboxylic acids is 8. The molecule has 2 aliphatic heterocycles. The molecule has 4 aromatic rings. The van der Waals surface area contributed by atoms with Crippen LogP contribution in [0.5, 0.6) is 0 Å². The van der Waals surface area contributed by atoms with Gasteiger partial charge in [-0.3, -0.25) is 48.5 Å². The van der Waals surface area contributed by atoms with Gasteiger partial charge in [0, 0.05) is 81.5 Å². The molecule has 19 atom stereocenters. The number of imidazole rings is 1. The van der Waals surface area contributed by atoms with E-state index in [0.717, 1.165) is 38.2 Å². The number of thiazole rings is 2. The van der Waals surface area contributed by atoms with E-state index in [-0.39, 0.29) is 60.0 Å². The number of nitrogen functional groups attached to an aromatic ring is 1. The molecule has 49 heteroatoms. The fourth-order valence-corrected chi connectivity index (χ4v) is 12.9. The molecule has 0 aliphatic carbocycles. The smallest absolute Gasteiger partial charge is 0.404 e. The lowest BCUT2D eigenvalue weighted by atomic mass is 9.96. The van der Waals surface area contributed by atoms with Gasteiger partial charge in [0.05, 0.1) is 72.7 Å². The summed E-state index contributed by atoms with van der Waals surface area (Å²) < 4.78 is 28.8. The van der Waals surface area contributed by atoms with Crippen molar-refractivity contribution >= 4 is 93.8 Å². The number of aliphatic imine (C=N–C) groups is 3. The lowest BCUT2D eigenvalue weighted by Crippen LogP contribution is -2.65. The molecular weight excluding hydrogens is 1550 g/mol. The molecular formula is C65H106N26O21S2. The number of anilines is 1. The van der Waals surface area contributed by atoms with E-state index in [1.165, 1.54) is 50.4 Å². The minimum atomic E-state index is -2.21. The number of unbranched alkanes of at least 4 members (excludes halogenated alkanes) is 3. The topological polar surface area (TPSA) is 792 Å². The van der Waals surface area contributed by atoms with Gasteiger partial charge in [0.15, 0.2) is 36.6 Å². The number of rotatable bonds is 46. The van der Waals surface area contributed by atoms with Crippen molar-refractivity contribution in [3.63, 3.8) is 0 Å². The third-order valence-electron chi connectivity index (χ3n) is 17.8. The minimum Gasteiger partial charge on any atom is -0.441 e. The maximum Gasteiger partial charge on any atom is 0.404 e. The predicted molar refractivity (Wildman–Crippen MR) is 407 cm³/mol. The van der Waals surface area contributed by atoms with Gasteiger partial charge in [-0.1, -0.05) is 6.92 Å². The molecule has 0 aromatic carbocycles. The summed E-state index contributed by atoms with van der Waals surface area (Å²) in [7, 11) is 0. The molecule has 2 saturated heterocycles. The van der Waals surface area contributed by atoms with Crippen LogP contribution in [0.4, 0.5) is 10.6 Å². The van der Waals surface area contributed by atoms with Crippen molar-refractivity contribution in [2.45, 2.75) is 189 Å². The predicted octanol–water partition coefficient (Wildman–Crippen LogP) is -9.55. The zero-order valence-electron chi connectivity index (χ0n) is 63.0. The highest BCUT2D eigenvalue weighted by Gasteiger charge is 2.54. The molecule has 4 aromatic heterocycles. The third-order valence-corrected chi connectivity index (χ3v) is 19.6. The number of hydrogen-bond acceptors (Lipinski definition) is 34. The number of aliphatic hydroxyl groups excluding tert-OH is 8. The molecule has 114 heavy (non-hydrogen) atoms. The van der Waals surface area contributed by atoms with Crippen LogP contribution in [0.15, 0.2) is 38.3 Å². The van der Waals surface area contributed by atoms with Gasteiger partial charge in [0.25, 0.3) is 11.8 Å². The van der Waals surface area contributed by atoms with Crippen LogP contribution < -0.4 is 94.1 Å². The van der Waals surface area contributed by atoms with E-state index in [1.807, 2.05) is 0 Å². The van der Waals surface area contributed by atoms with Crippen molar-refractivity contribution in [1.29, 1.82) is 0 Å². The van der Waals surface area contributed by atoms with Crippen LogP contribution in [-0.2, 0) is 54.1 Å². The minimum absolute atomic E-state index is 0.0374. The number of ether oxygens (including phenoxy) is 5. The number of aliphatic hydroxyl groups is 8. The van der Waals surface area contributed by atoms with Crippen LogP contribution in [0.1, 0.15) is 121 Å². The number of primary amides is 3. The van der Waals surface area contributed by atoms with Gasteiger partial charge in [0.2, 0.25) is 29.5 Å². The van der Waals surface area contributed by atoms with E-state index in [4.69, 9.17) is 75.3 Å². The van der Waals surface area contributed by atoms with Gasteiger partial charge in [-0.2, -0.15) is 0 Å². The van der Waals surface area contributed by atoms with E-state index >= 15 is 4.79 Å². The molecule has 0 saturated carbocycles. The summed E-state index contributed by atoms with van der Waals surface area (Å²) in [6, 6.07) is -7.93. The Bertz CT molecular complexity index is 3880. The zero-order valence-corrected chi connectivity index (χ0v) is 64.6. The molecule has 6 rings (SSSR count). The Kier molecular flexibility index (Phi) is 37.5. The number of nitrogens with zero attached hydrogens (tertiary/aromatic N) is 8. The molecule has 35 N–H and O–H groups in total. The standard InChI is InChI=1S/C65H106N26O21S2/c1-27-40(88-53(91-51(27)68)32(19-38(67)95)83-20-31(66)52(69)101)57(105)90-42(48(33-21-75-26-84-33)110-61-50(46(99)44(97)36(22-92)109-61)111-60-47(100)49(112-65(74)107)45(98)37(23-93)108-60)58(106)85-29(3)43(96)28(2)54(102)89-41(30(4)94)56(104)77-18-11-39-86-35(25-113-39)59-87-34(24-114-59)55(103)76-12-5-7-14-79-63(72)81-16-9-10-17-82-64(73)80-15-8-6-13-78-62(70)71/h21,24-26,28-32,36-37,41-50,60-61,83,92-94,96-100H,5-20,22-23,66H2,1-4H3,(H2,67,95)(H2,69,101)(H2,74,107)(H,75,84)(H,76,103)(H,77,104)(H,85,106)(H,89,102)(H,90,105)(H2,68,88,91)(H4,70,71,78)(H3,72,79,81)(H3,73,80,82)/t28-,29+,30+,31-,32-,36?,37?,41-,42-,43-,44?,45?,46?,47?,48-,49?,50?,60?,61?/m0/s1. The Morgan fingerprint density at radius 1 is 0.667 bits per heavy atom. The summed E-state index contributed by atoms with van der Waals surface area (Å²) in [4.78, 5) is 144. The first-order chi connectivity index (χ1) is 54.1. The highest BCUT2D eigenvalue weighted by molar-refractivity contribution is 7.14. The largest absolute Gasteiger partial charge is 0.441 e. The number of guanidine groups is 3.